The predicted molar refractivity (Wildman–Crippen MR) is 160 cm³/mol. The van der Waals surface area contributed by atoms with Crippen molar-refractivity contribution in [3.63, 3.8) is 0 Å². The van der Waals surface area contributed by atoms with Crippen molar-refractivity contribution >= 4 is 34.9 Å². The summed E-state index contributed by atoms with van der Waals surface area (Å²) in [5.74, 6) is 1.07. The van der Waals surface area contributed by atoms with Crippen LogP contribution in [0.5, 0.6) is 0 Å². The van der Waals surface area contributed by atoms with Gasteiger partial charge in [-0.15, -0.1) is 0 Å². The first kappa shape index (κ1) is 26.2. The Morgan fingerprint density at radius 1 is 0.763 bits per heavy atom. The summed E-state index contributed by atoms with van der Waals surface area (Å²) in [5.41, 5.74) is 3.25. The first-order valence-electron chi connectivity index (χ1n) is 14.4. The number of rotatable bonds is 8. The highest BCUT2D eigenvalue weighted by molar-refractivity contribution is 7.99. The van der Waals surface area contributed by atoms with E-state index in [1.807, 2.05) is 18.3 Å². The molecule has 4 heterocycles. The summed E-state index contributed by atoms with van der Waals surface area (Å²) >= 11 is 8.16. The van der Waals surface area contributed by atoms with Crippen LogP contribution in [0.25, 0.3) is 0 Å². The van der Waals surface area contributed by atoms with E-state index in [-0.39, 0.29) is 0 Å². The molecule has 6 rings (SSSR count). The lowest BCUT2D eigenvalue weighted by atomic mass is 9.71. The van der Waals surface area contributed by atoms with Crippen LogP contribution in [0, 0.1) is 5.41 Å². The SMILES string of the molecule is Clc1ccc2c(c1)N(CCCCCN1CCC3(CC1)CCN(Cc1ccccc1)CC3)c1ncccc1S2. The van der Waals surface area contributed by atoms with Crippen LogP contribution >= 0.6 is 23.4 Å². The van der Waals surface area contributed by atoms with E-state index in [2.05, 4.69) is 63.2 Å². The van der Waals surface area contributed by atoms with Crippen LogP contribution in [0.1, 0.15) is 50.5 Å². The number of pyridine rings is 1. The van der Waals surface area contributed by atoms with E-state index in [1.165, 1.54) is 98.7 Å². The molecule has 2 fully saturated rings. The van der Waals surface area contributed by atoms with Crippen LogP contribution < -0.4 is 4.90 Å². The number of benzene rings is 2. The van der Waals surface area contributed by atoms with Gasteiger partial charge in [0.2, 0.25) is 0 Å². The number of hydrogen-bond acceptors (Lipinski definition) is 5. The number of anilines is 2. The van der Waals surface area contributed by atoms with Crippen LogP contribution in [0.4, 0.5) is 11.5 Å². The van der Waals surface area contributed by atoms with Gasteiger partial charge >= 0.3 is 0 Å². The van der Waals surface area contributed by atoms with E-state index >= 15 is 0 Å². The van der Waals surface area contributed by atoms with Crippen LogP contribution in [0.2, 0.25) is 5.02 Å². The number of fused-ring (bicyclic) bond motifs is 2. The molecule has 0 atom stereocenters. The molecule has 2 aromatic carbocycles. The fraction of sp³-hybridized carbons (Fsp3) is 0.469. The summed E-state index contributed by atoms with van der Waals surface area (Å²) in [5, 5.41) is 0.790. The minimum absolute atomic E-state index is 0.602. The highest BCUT2D eigenvalue weighted by Crippen LogP contribution is 2.48. The second-order valence-corrected chi connectivity index (χ2v) is 12.9. The molecular weight excluding hydrogens is 508 g/mol. The fourth-order valence-electron chi connectivity index (χ4n) is 6.47. The second kappa shape index (κ2) is 12.0. The van der Waals surface area contributed by atoms with Crippen molar-refractivity contribution in [2.24, 2.45) is 5.41 Å². The van der Waals surface area contributed by atoms with Gasteiger partial charge in [0.15, 0.2) is 0 Å². The fourth-order valence-corrected chi connectivity index (χ4v) is 7.69. The number of aromatic nitrogens is 1. The average molecular weight is 547 g/mol. The Hall–Kier alpha value is -2.05. The van der Waals surface area contributed by atoms with Gasteiger partial charge in [0.05, 0.1) is 10.6 Å². The molecule has 0 N–H and O–H groups in total. The van der Waals surface area contributed by atoms with Gasteiger partial charge in [-0.2, -0.15) is 0 Å². The Morgan fingerprint density at radius 2 is 1.50 bits per heavy atom. The molecule has 200 valence electrons. The number of likely N-dealkylation sites (tertiary alicyclic amines) is 2. The van der Waals surface area contributed by atoms with E-state index < -0.39 is 0 Å². The molecule has 4 nitrogen and oxygen atoms in total. The largest absolute Gasteiger partial charge is 0.324 e. The molecule has 2 saturated heterocycles. The zero-order chi connectivity index (χ0) is 25.8. The smallest absolute Gasteiger partial charge is 0.147 e. The number of halogens is 1. The van der Waals surface area contributed by atoms with Crippen LogP contribution in [-0.4, -0.2) is 54.1 Å². The molecule has 0 aliphatic carbocycles. The predicted octanol–water partition coefficient (Wildman–Crippen LogP) is 7.89. The molecule has 0 radical (unpaired) electrons. The van der Waals surface area contributed by atoms with E-state index in [0.717, 1.165) is 23.9 Å². The first-order chi connectivity index (χ1) is 18.7. The second-order valence-electron chi connectivity index (χ2n) is 11.4. The zero-order valence-electron chi connectivity index (χ0n) is 22.3. The quantitative estimate of drug-likeness (QED) is 0.267. The van der Waals surface area contributed by atoms with Gasteiger partial charge in [0.25, 0.3) is 0 Å². The Balaban J connectivity index is 0.931. The van der Waals surface area contributed by atoms with Gasteiger partial charge in [0.1, 0.15) is 5.82 Å². The molecule has 0 amide bonds. The van der Waals surface area contributed by atoms with Gasteiger partial charge in [-0.05, 0) is 113 Å². The van der Waals surface area contributed by atoms with Crippen molar-refractivity contribution in [3.8, 4) is 0 Å². The average Bonchev–Trinajstić information content (AvgIpc) is 2.95. The van der Waals surface area contributed by atoms with Crippen molar-refractivity contribution in [1.29, 1.82) is 0 Å². The highest BCUT2D eigenvalue weighted by Gasteiger charge is 2.37. The molecule has 3 aliphatic heterocycles. The van der Waals surface area contributed by atoms with Crippen molar-refractivity contribution in [1.82, 2.24) is 14.8 Å². The monoisotopic (exact) mass is 546 g/mol. The van der Waals surface area contributed by atoms with Gasteiger partial charge < -0.3 is 9.80 Å². The summed E-state index contributed by atoms with van der Waals surface area (Å²) in [7, 11) is 0. The van der Waals surface area contributed by atoms with E-state index in [9.17, 15) is 0 Å². The lowest BCUT2D eigenvalue weighted by Crippen LogP contribution is -2.46. The Labute approximate surface area is 237 Å². The Bertz CT molecular complexity index is 1200. The van der Waals surface area contributed by atoms with E-state index in [1.54, 1.807) is 11.8 Å². The molecule has 3 aliphatic rings. The number of nitrogens with zero attached hydrogens (tertiary/aromatic N) is 4. The van der Waals surface area contributed by atoms with Crippen LogP contribution in [-0.2, 0) is 6.54 Å². The lowest BCUT2D eigenvalue weighted by Gasteiger charge is -2.47. The van der Waals surface area contributed by atoms with Crippen molar-refractivity contribution in [2.45, 2.75) is 61.3 Å². The summed E-state index contributed by atoms with van der Waals surface area (Å²) in [6.45, 7) is 8.42. The van der Waals surface area contributed by atoms with Gasteiger partial charge in [-0.3, -0.25) is 4.90 Å². The molecule has 1 spiro atoms. The van der Waals surface area contributed by atoms with Crippen LogP contribution in [0.15, 0.2) is 76.7 Å². The minimum Gasteiger partial charge on any atom is -0.324 e. The number of unbranched alkanes of at least 4 members (excludes halogenated alkanes) is 2. The minimum atomic E-state index is 0.602. The van der Waals surface area contributed by atoms with Gasteiger partial charge in [0, 0.05) is 29.2 Å². The molecule has 1 aromatic heterocycles. The van der Waals surface area contributed by atoms with Crippen molar-refractivity contribution in [3.05, 3.63) is 77.4 Å². The summed E-state index contributed by atoms with van der Waals surface area (Å²) in [4.78, 5) is 15.0. The molecule has 0 bridgehead atoms. The van der Waals surface area contributed by atoms with Crippen molar-refractivity contribution in [2.75, 3.05) is 44.2 Å². The Kier molecular flexibility index (Phi) is 8.27. The maximum atomic E-state index is 6.37. The summed E-state index contributed by atoms with van der Waals surface area (Å²) in [6.07, 6.45) is 11.1. The zero-order valence-corrected chi connectivity index (χ0v) is 23.9. The molecule has 6 heteroatoms. The van der Waals surface area contributed by atoms with Gasteiger partial charge in [-0.1, -0.05) is 60.1 Å². The highest BCUT2D eigenvalue weighted by atomic mass is 35.5. The maximum absolute atomic E-state index is 6.37. The molecule has 0 unspecified atom stereocenters. The van der Waals surface area contributed by atoms with Gasteiger partial charge in [-0.25, -0.2) is 4.98 Å². The third-order valence-electron chi connectivity index (χ3n) is 8.88. The summed E-state index contributed by atoms with van der Waals surface area (Å²) < 4.78 is 0. The standard InChI is InChI=1S/C32H39ClN4S/c33-27-11-12-29-28(24-27)37(31-30(38-29)10-7-17-34-31)19-6-2-5-18-35-20-13-32(14-21-35)15-22-36(23-16-32)25-26-8-3-1-4-9-26/h1,3-4,7-12,17,24H,2,5-6,13-16,18-23,25H2. The first-order valence-corrected chi connectivity index (χ1v) is 15.6. The third kappa shape index (κ3) is 6.07. The molecule has 3 aromatic rings. The normalized spacial score (nSPS) is 19.3. The third-order valence-corrected chi connectivity index (χ3v) is 10.2. The Morgan fingerprint density at radius 3 is 2.29 bits per heavy atom. The lowest BCUT2D eigenvalue weighted by molar-refractivity contribution is 0.0319. The van der Waals surface area contributed by atoms with Crippen molar-refractivity contribution < 1.29 is 0 Å². The van der Waals surface area contributed by atoms with E-state index in [0.29, 0.717) is 5.41 Å². The number of hydrogen-bond donors (Lipinski definition) is 0. The molecule has 38 heavy (non-hydrogen) atoms. The topological polar surface area (TPSA) is 22.6 Å². The number of piperidine rings is 2. The summed E-state index contributed by atoms with van der Waals surface area (Å²) in [6, 6.07) is 21.4. The molecular formula is C32H39ClN4S. The molecule has 0 saturated carbocycles. The van der Waals surface area contributed by atoms with E-state index in [4.69, 9.17) is 16.6 Å². The van der Waals surface area contributed by atoms with Crippen LogP contribution in [0.3, 0.4) is 0 Å². The maximum Gasteiger partial charge on any atom is 0.147 e.